The molecular weight excluding hydrogens is 218 g/mol. The number of carbonyl (C=O) groups is 1. The molecule has 1 aromatic heterocycles. The van der Waals surface area contributed by atoms with Crippen LogP contribution in [0.1, 0.15) is 6.92 Å². The van der Waals surface area contributed by atoms with Gasteiger partial charge in [0.1, 0.15) is 5.71 Å². The van der Waals surface area contributed by atoms with Crippen molar-refractivity contribution >= 4 is 28.1 Å². The molecule has 0 saturated carbocycles. The summed E-state index contributed by atoms with van der Waals surface area (Å²) < 4.78 is 0. The first kappa shape index (κ1) is 11.1. The normalized spacial score (nSPS) is 11.5. The van der Waals surface area contributed by atoms with Gasteiger partial charge in [-0.25, -0.2) is 4.79 Å². The summed E-state index contributed by atoms with van der Waals surface area (Å²) in [5, 5.41) is 14.4. The lowest BCUT2D eigenvalue weighted by Gasteiger charge is -2.05. The molecule has 0 saturated heterocycles. The van der Waals surface area contributed by atoms with Crippen LogP contribution < -0.4 is 5.43 Å². The molecule has 0 fully saturated rings. The van der Waals surface area contributed by atoms with E-state index in [1.165, 1.54) is 6.92 Å². The lowest BCUT2D eigenvalue weighted by atomic mass is 10.1. The highest BCUT2D eigenvalue weighted by Crippen LogP contribution is 2.21. The monoisotopic (exact) mass is 229 g/mol. The van der Waals surface area contributed by atoms with Crippen LogP contribution in [0.15, 0.2) is 41.8 Å². The van der Waals surface area contributed by atoms with Crippen LogP contribution in [0.4, 0.5) is 5.69 Å². The van der Waals surface area contributed by atoms with Crippen molar-refractivity contribution in [1.82, 2.24) is 4.98 Å². The van der Waals surface area contributed by atoms with E-state index in [0.717, 1.165) is 16.5 Å². The predicted molar refractivity (Wildman–Crippen MR) is 66.1 cm³/mol. The highest BCUT2D eigenvalue weighted by Gasteiger charge is 2.02. The first-order chi connectivity index (χ1) is 8.18. The third-order valence-electron chi connectivity index (χ3n) is 2.34. The number of carboxylic acids is 1. The number of benzene rings is 1. The zero-order valence-corrected chi connectivity index (χ0v) is 9.21. The fraction of sp³-hybridized carbons (Fsp3) is 0.0833. The van der Waals surface area contributed by atoms with Gasteiger partial charge in [-0.1, -0.05) is 12.1 Å². The first-order valence-corrected chi connectivity index (χ1v) is 5.05. The maximum absolute atomic E-state index is 10.6. The molecule has 0 unspecified atom stereocenters. The highest BCUT2D eigenvalue weighted by atomic mass is 16.4. The van der Waals surface area contributed by atoms with Gasteiger partial charge < -0.3 is 5.11 Å². The van der Waals surface area contributed by atoms with Crippen molar-refractivity contribution in [2.45, 2.75) is 6.92 Å². The summed E-state index contributed by atoms with van der Waals surface area (Å²) in [6, 6.07) is 7.53. The Labute approximate surface area is 97.8 Å². The maximum atomic E-state index is 10.6. The number of hydrazone groups is 1. The standard InChI is InChI=1S/C12H11N3O2/c1-8(12(16)17)14-15-11-4-2-3-9-5-6-13-7-10(9)11/h2-7,15H,1H3,(H,16,17). The smallest absolute Gasteiger partial charge is 0.351 e. The van der Waals surface area contributed by atoms with Gasteiger partial charge in [0.2, 0.25) is 0 Å². The molecule has 0 bridgehead atoms. The van der Waals surface area contributed by atoms with Crippen molar-refractivity contribution in [3.05, 3.63) is 36.7 Å². The van der Waals surface area contributed by atoms with Crippen LogP contribution in [-0.4, -0.2) is 21.8 Å². The number of nitrogens with zero attached hydrogens (tertiary/aromatic N) is 2. The molecule has 1 aromatic carbocycles. The fourth-order valence-electron chi connectivity index (χ4n) is 1.40. The molecule has 0 amide bonds. The van der Waals surface area contributed by atoms with E-state index in [4.69, 9.17) is 5.11 Å². The van der Waals surface area contributed by atoms with Gasteiger partial charge in [-0.05, 0) is 24.4 Å². The molecule has 0 aliphatic carbocycles. The molecular formula is C12H11N3O2. The Kier molecular flexibility index (Phi) is 3.00. The van der Waals surface area contributed by atoms with Crippen molar-refractivity contribution in [3.8, 4) is 0 Å². The van der Waals surface area contributed by atoms with Gasteiger partial charge in [-0.2, -0.15) is 5.10 Å². The zero-order chi connectivity index (χ0) is 12.3. The number of fused-ring (bicyclic) bond motifs is 1. The number of rotatable bonds is 3. The molecule has 1 heterocycles. The van der Waals surface area contributed by atoms with E-state index in [1.807, 2.05) is 24.3 Å². The van der Waals surface area contributed by atoms with Crippen molar-refractivity contribution in [1.29, 1.82) is 0 Å². The number of hydrogen-bond donors (Lipinski definition) is 2. The molecule has 0 spiro atoms. The van der Waals surface area contributed by atoms with E-state index >= 15 is 0 Å². The second-order valence-electron chi connectivity index (χ2n) is 3.52. The average Bonchev–Trinajstić information content (AvgIpc) is 2.35. The second-order valence-corrected chi connectivity index (χ2v) is 3.52. The van der Waals surface area contributed by atoms with Crippen molar-refractivity contribution < 1.29 is 9.90 Å². The Morgan fingerprint density at radius 3 is 3.00 bits per heavy atom. The summed E-state index contributed by atoms with van der Waals surface area (Å²) in [6.07, 6.45) is 3.42. The van der Waals surface area contributed by atoms with Gasteiger partial charge in [0, 0.05) is 17.8 Å². The summed E-state index contributed by atoms with van der Waals surface area (Å²) in [5.41, 5.74) is 3.47. The van der Waals surface area contributed by atoms with Crippen molar-refractivity contribution in [2.75, 3.05) is 5.43 Å². The second kappa shape index (κ2) is 4.61. The third-order valence-corrected chi connectivity index (χ3v) is 2.34. The number of aromatic nitrogens is 1. The lowest BCUT2D eigenvalue weighted by molar-refractivity contribution is -0.129. The number of pyridine rings is 1. The number of hydrogen-bond acceptors (Lipinski definition) is 4. The largest absolute Gasteiger partial charge is 0.477 e. The van der Waals surface area contributed by atoms with Crippen molar-refractivity contribution in [2.24, 2.45) is 5.10 Å². The molecule has 0 aliphatic rings. The van der Waals surface area contributed by atoms with E-state index < -0.39 is 5.97 Å². The van der Waals surface area contributed by atoms with Crippen LogP contribution in [0.5, 0.6) is 0 Å². The number of nitrogens with one attached hydrogen (secondary N) is 1. The molecule has 2 rings (SSSR count). The van der Waals surface area contributed by atoms with E-state index in [9.17, 15) is 4.79 Å². The van der Waals surface area contributed by atoms with Crippen LogP contribution in [0.2, 0.25) is 0 Å². The number of aliphatic carboxylic acids is 1. The predicted octanol–water partition coefficient (Wildman–Crippen LogP) is 2.11. The average molecular weight is 229 g/mol. The summed E-state index contributed by atoms with van der Waals surface area (Å²) in [6.45, 7) is 1.43. The lowest BCUT2D eigenvalue weighted by Crippen LogP contribution is -2.10. The Morgan fingerprint density at radius 2 is 2.24 bits per heavy atom. The molecule has 0 aliphatic heterocycles. The van der Waals surface area contributed by atoms with E-state index in [0.29, 0.717) is 0 Å². The van der Waals surface area contributed by atoms with E-state index in [2.05, 4.69) is 15.5 Å². The summed E-state index contributed by atoms with van der Waals surface area (Å²) >= 11 is 0. The van der Waals surface area contributed by atoms with Gasteiger partial charge in [-0.15, -0.1) is 0 Å². The molecule has 2 aromatic rings. The van der Waals surface area contributed by atoms with Crippen LogP contribution in [0.3, 0.4) is 0 Å². The molecule has 5 heteroatoms. The summed E-state index contributed by atoms with van der Waals surface area (Å²) in [4.78, 5) is 14.6. The molecule has 2 N–H and O–H groups in total. The van der Waals surface area contributed by atoms with Gasteiger partial charge in [0.05, 0.1) is 5.69 Å². The Balaban J connectivity index is 2.37. The molecule has 0 radical (unpaired) electrons. The Hall–Kier alpha value is -2.43. The SMILES string of the molecule is CC(=NNc1cccc2ccncc12)C(=O)O. The van der Waals surface area contributed by atoms with Crippen molar-refractivity contribution in [3.63, 3.8) is 0 Å². The molecule has 17 heavy (non-hydrogen) atoms. The van der Waals surface area contributed by atoms with Crippen LogP contribution in [0, 0.1) is 0 Å². The van der Waals surface area contributed by atoms with Crippen LogP contribution in [0.25, 0.3) is 10.8 Å². The Morgan fingerprint density at radius 1 is 1.41 bits per heavy atom. The summed E-state index contributed by atoms with van der Waals surface area (Å²) in [7, 11) is 0. The fourth-order valence-corrected chi connectivity index (χ4v) is 1.40. The zero-order valence-electron chi connectivity index (χ0n) is 9.21. The quantitative estimate of drug-likeness (QED) is 0.624. The number of carboxylic acid groups (broad SMARTS) is 1. The Bertz CT molecular complexity index is 588. The minimum atomic E-state index is -1.05. The van der Waals surface area contributed by atoms with Crippen LogP contribution >= 0.6 is 0 Å². The van der Waals surface area contributed by atoms with Crippen LogP contribution in [-0.2, 0) is 4.79 Å². The molecule has 5 nitrogen and oxygen atoms in total. The van der Waals surface area contributed by atoms with E-state index in [1.54, 1.807) is 12.4 Å². The highest BCUT2D eigenvalue weighted by molar-refractivity contribution is 6.34. The molecule has 0 atom stereocenters. The van der Waals surface area contributed by atoms with Gasteiger partial charge in [0.15, 0.2) is 0 Å². The van der Waals surface area contributed by atoms with E-state index in [-0.39, 0.29) is 5.71 Å². The molecule has 86 valence electrons. The minimum absolute atomic E-state index is 0.00546. The minimum Gasteiger partial charge on any atom is -0.477 e. The van der Waals surface area contributed by atoms with Gasteiger partial charge in [-0.3, -0.25) is 10.4 Å². The van der Waals surface area contributed by atoms with Gasteiger partial charge in [0.25, 0.3) is 0 Å². The third kappa shape index (κ3) is 2.39. The topological polar surface area (TPSA) is 74.6 Å². The summed E-state index contributed by atoms with van der Waals surface area (Å²) in [5.74, 6) is -1.05. The first-order valence-electron chi connectivity index (χ1n) is 5.05. The number of anilines is 1. The van der Waals surface area contributed by atoms with Gasteiger partial charge >= 0.3 is 5.97 Å². The maximum Gasteiger partial charge on any atom is 0.351 e.